The Labute approximate surface area is 142 Å². The van der Waals surface area contributed by atoms with Crippen molar-refractivity contribution >= 4 is 49.7 Å². The summed E-state index contributed by atoms with van der Waals surface area (Å²) in [6.07, 6.45) is 0. The van der Waals surface area contributed by atoms with Crippen LogP contribution >= 0.6 is 11.3 Å². The van der Waals surface area contributed by atoms with Crippen LogP contribution in [0.5, 0.6) is 0 Å². The van der Waals surface area contributed by atoms with E-state index in [1.807, 2.05) is 61.5 Å². The number of amides is 1. The molecular formula is C19H15N3OS. The molecule has 0 bridgehead atoms. The van der Waals surface area contributed by atoms with Crippen molar-refractivity contribution in [1.82, 2.24) is 4.98 Å². The monoisotopic (exact) mass is 333 g/mol. The number of para-hydroxylation sites is 1. The first-order chi connectivity index (χ1) is 11.6. The van der Waals surface area contributed by atoms with Gasteiger partial charge in [-0.1, -0.05) is 30.3 Å². The first kappa shape index (κ1) is 14.7. The molecule has 4 nitrogen and oxygen atoms in total. The lowest BCUT2D eigenvalue weighted by Crippen LogP contribution is -2.11. The lowest BCUT2D eigenvalue weighted by molar-refractivity contribution is 0.103. The lowest BCUT2D eigenvalue weighted by Gasteiger charge is -2.03. The smallest absolute Gasteiger partial charge is 0.267 e. The Hall–Kier alpha value is -2.92. The third kappa shape index (κ3) is 2.49. The van der Waals surface area contributed by atoms with Gasteiger partial charge in [-0.2, -0.15) is 0 Å². The molecule has 1 amide bonds. The lowest BCUT2D eigenvalue weighted by atomic mass is 10.1. The number of carbonyl (C=O) groups excluding carboxylic acids is 1. The second-order valence-corrected chi connectivity index (χ2v) is 6.70. The molecule has 118 valence electrons. The Balaban J connectivity index is 1.80. The third-order valence-corrected chi connectivity index (χ3v) is 5.02. The molecule has 0 radical (unpaired) electrons. The van der Waals surface area contributed by atoms with E-state index in [9.17, 15) is 4.79 Å². The van der Waals surface area contributed by atoms with Crippen LogP contribution in [0.2, 0.25) is 0 Å². The Bertz CT molecular complexity index is 1070. The van der Waals surface area contributed by atoms with Gasteiger partial charge in [0.25, 0.3) is 5.91 Å². The van der Waals surface area contributed by atoms with Crippen molar-refractivity contribution in [3.63, 3.8) is 0 Å². The average Bonchev–Trinajstić information content (AvgIpc) is 2.90. The van der Waals surface area contributed by atoms with Crippen LogP contribution in [0.4, 0.5) is 11.4 Å². The van der Waals surface area contributed by atoms with Crippen molar-refractivity contribution in [3.05, 3.63) is 65.0 Å². The molecule has 0 aliphatic carbocycles. The van der Waals surface area contributed by atoms with E-state index in [0.29, 0.717) is 10.6 Å². The number of hydrogen-bond acceptors (Lipinski definition) is 4. The molecule has 2 aromatic heterocycles. The van der Waals surface area contributed by atoms with Crippen molar-refractivity contribution in [1.29, 1.82) is 0 Å². The zero-order valence-electron chi connectivity index (χ0n) is 13.0. The molecule has 0 saturated carbocycles. The highest BCUT2D eigenvalue weighted by Crippen LogP contribution is 2.35. The minimum atomic E-state index is -0.207. The van der Waals surface area contributed by atoms with E-state index >= 15 is 0 Å². The number of aromatic nitrogens is 1. The Morgan fingerprint density at radius 2 is 1.92 bits per heavy atom. The summed E-state index contributed by atoms with van der Waals surface area (Å²) in [5.41, 5.74) is 9.52. The molecule has 0 spiro atoms. The van der Waals surface area contributed by atoms with E-state index in [2.05, 4.69) is 10.3 Å². The topological polar surface area (TPSA) is 68.0 Å². The summed E-state index contributed by atoms with van der Waals surface area (Å²) in [5.74, 6) is -0.207. The first-order valence-corrected chi connectivity index (χ1v) is 8.39. The number of nitrogen functional groups attached to an aromatic ring is 1. The average molecular weight is 333 g/mol. The standard InChI is InChI=1S/C19H15N3OS/c1-11-7-8-12-10-14-16(20)17(24-19(14)22-15(12)9-11)18(23)21-13-5-3-2-4-6-13/h2-10H,20H2,1H3,(H,21,23). The van der Waals surface area contributed by atoms with Crippen molar-refractivity contribution in [2.45, 2.75) is 6.92 Å². The van der Waals surface area contributed by atoms with E-state index in [1.54, 1.807) is 0 Å². The zero-order chi connectivity index (χ0) is 16.7. The van der Waals surface area contributed by atoms with Crippen molar-refractivity contribution in [2.75, 3.05) is 11.1 Å². The fraction of sp³-hybridized carbons (Fsp3) is 0.0526. The predicted octanol–water partition coefficient (Wildman–Crippen LogP) is 4.59. The van der Waals surface area contributed by atoms with Crippen molar-refractivity contribution in [2.24, 2.45) is 0 Å². The van der Waals surface area contributed by atoms with Gasteiger partial charge in [-0.25, -0.2) is 4.98 Å². The fourth-order valence-electron chi connectivity index (χ4n) is 2.68. The Morgan fingerprint density at radius 1 is 1.12 bits per heavy atom. The summed E-state index contributed by atoms with van der Waals surface area (Å²) < 4.78 is 0. The summed E-state index contributed by atoms with van der Waals surface area (Å²) in [5, 5.41) is 4.72. The molecule has 2 aromatic carbocycles. The minimum absolute atomic E-state index is 0.207. The van der Waals surface area contributed by atoms with E-state index < -0.39 is 0 Å². The van der Waals surface area contributed by atoms with Crippen LogP contribution in [0, 0.1) is 6.92 Å². The van der Waals surface area contributed by atoms with Crippen LogP contribution in [0.15, 0.2) is 54.6 Å². The van der Waals surface area contributed by atoms with Gasteiger partial charge in [0.2, 0.25) is 0 Å². The molecule has 24 heavy (non-hydrogen) atoms. The van der Waals surface area contributed by atoms with Gasteiger partial charge in [0.05, 0.1) is 11.2 Å². The molecule has 4 aromatic rings. The number of carbonyl (C=O) groups is 1. The van der Waals surface area contributed by atoms with Crippen molar-refractivity contribution in [3.8, 4) is 0 Å². The van der Waals surface area contributed by atoms with Crippen LogP contribution in [0.3, 0.4) is 0 Å². The predicted molar refractivity (Wildman–Crippen MR) is 101 cm³/mol. The third-order valence-electron chi connectivity index (χ3n) is 3.91. The van der Waals surface area contributed by atoms with E-state index in [-0.39, 0.29) is 5.91 Å². The van der Waals surface area contributed by atoms with Gasteiger partial charge in [0, 0.05) is 16.5 Å². The molecule has 0 atom stereocenters. The first-order valence-electron chi connectivity index (χ1n) is 7.57. The highest BCUT2D eigenvalue weighted by molar-refractivity contribution is 7.21. The van der Waals surface area contributed by atoms with Crippen LogP contribution in [-0.2, 0) is 0 Å². The molecule has 3 N–H and O–H groups in total. The van der Waals surface area contributed by atoms with Crippen molar-refractivity contribution < 1.29 is 4.79 Å². The van der Waals surface area contributed by atoms with Crippen LogP contribution in [0.1, 0.15) is 15.2 Å². The summed E-state index contributed by atoms with van der Waals surface area (Å²) in [7, 11) is 0. The maximum absolute atomic E-state index is 12.5. The van der Waals surface area contributed by atoms with E-state index in [4.69, 9.17) is 5.73 Å². The summed E-state index contributed by atoms with van der Waals surface area (Å²) in [6.45, 7) is 2.03. The maximum Gasteiger partial charge on any atom is 0.267 e. The van der Waals surface area contributed by atoms with Gasteiger partial charge >= 0.3 is 0 Å². The molecule has 0 aliphatic rings. The molecule has 0 aliphatic heterocycles. The number of nitrogens with one attached hydrogen (secondary N) is 1. The molecule has 0 unspecified atom stereocenters. The van der Waals surface area contributed by atoms with E-state index in [0.717, 1.165) is 32.4 Å². The number of nitrogens with two attached hydrogens (primary N) is 1. The Kier molecular flexibility index (Phi) is 3.43. The van der Waals surface area contributed by atoms with E-state index in [1.165, 1.54) is 11.3 Å². The maximum atomic E-state index is 12.5. The van der Waals surface area contributed by atoms with Gasteiger partial charge in [-0.3, -0.25) is 4.79 Å². The number of aryl methyl sites for hydroxylation is 1. The number of hydrogen-bond donors (Lipinski definition) is 2. The fourth-order valence-corrected chi connectivity index (χ4v) is 3.66. The van der Waals surface area contributed by atoms with Gasteiger partial charge in [-0.15, -0.1) is 11.3 Å². The molecule has 4 rings (SSSR count). The van der Waals surface area contributed by atoms with Gasteiger partial charge in [-0.05, 0) is 36.8 Å². The number of nitrogens with zero attached hydrogens (tertiary/aromatic N) is 1. The number of benzene rings is 2. The second kappa shape index (κ2) is 5.62. The molecule has 0 fully saturated rings. The molecule has 5 heteroatoms. The highest BCUT2D eigenvalue weighted by Gasteiger charge is 2.18. The SMILES string of the molecule is Cc1ccc2cc3c(N)c(C(=O)Nc4ccccc4)sc3nc2c1. The quantitative estimate of drug-likeness (QED) is 0.563. The molecular weight excluding hydrogens is 318 g/mol. The number of thiophene rings is 1. The van der Waals surface area contributed by atoms with Gasteiger partial charge in [0.15, 0.2) is 0 Å². The van der Waals surface area contributed by atoms with Gasteiger partial charge < -0.3 is 11.1 Å². The normalized spacial score (nSPS) is 11.0. The second-order valence-electron chi connectivity index (χ2n) is 5.70. The number of rotatable bonds is 2. The Morgan fingerprint density at radius 3 is 2.71 bits per heavy atom. The summed E-state index contributed by atoms with van der Waals surface area (Å²) >= 11 is 1.32. The highest BCUT2D eigenvalue weighted by atomic mass is 32.1. The van der Waals surface area contributed by atoms with Crippen LogP contribution in [-0.4, -0.2) is 10.9 Å². The minimum Gasteiger partial charge on any atom is -0.397 e. The summed E-state index contributed by atoms with van der Waals surface area (Å²) in [4.78, 5) is 18.5. The largest absolute Gasteiger partial charge is 0.397 e. The number of anilines is 2. The summed E-state index contributed by atoms with van der Waals surface area (Å²) in [6, 6.07) is 17.4. The number of fused-ring (bicyclic) bond motifs is 2. The number of pyridine rings is 1. The van der Waals surface area contributed by atoms with Crippen LogP contribution < -0.4 is 11.1 Å². The zero-order valence-corrected chi connectivity index (χ0v) is 13.9. The molecule has 0 saturated heterocycles. The van der Waals surface area contributed by atoms with Gasteiger partial charge in [0.1, 0.15) is 9.71 Å². The van der Waals surface area contributed by atoms with Crippen LogP contribution in [0.25, 0.3) is 21.1 Å². The molecule has 2 heterocycles.